The Bertz CT molecular complexity index is 374. The molecule has 1 aromatic heterocycles. The highest BCUT2D eigenvalue weighted by molar-refractivity contribution is 6.01. The monoisotopic (exact) mass is 239 g/mol. The predicted octanol–water partition coefficient (Wildman–Crippen LogP) is -0.228. The van der Waals surface area contributed by atoms with Crippen molar-refractivity contribution >= 4 is 11.7 Å². The van der Waals surface area contributed by atoms with Crippen LogP contribution >= 0.6 is 0 Å². The van der Waals surface area contributed by atoms with Crippen molar-refractivity contribution in [2.45, 2.75) is 19.9 Å². The minimum Gasteiger partial charge on any atom is -0.409 e. The van der Waals surface area contributed by atoms with E-state index in [4.69, 9.17) is 10.9 Å². The summed E-state index contributed by atoms with van der Waals surface area (Å²) in [4.78, 5) is 11.5. The van der Waals surface area contributed by atoms with Gasteiger partial charge in [0.15, 0.2) is 5.84 Å². The average molecular weight is 239 g/mol. The molecule has 17 heavy (non-hydrogen) atoms. The van der Waals surface area contributed by atoms with Crippen LogP contribution in [0.15, 0.2) is 23.6 Å². The molecule has 1 atom stereocenters. The van der Waals surface area contributed by atoms with Gasteiger partial charge >= 0.3 is 0 Å². The van der Waals surface area contributed by atoms with Crippen LogP contribution in [0.4, 0.5) is 0 Å². The Kier molecular flexibility index (Phi) is 4.99. The molecule has 4 N–H and O–H groups in total. The maximum Gasteiger partial charge on any atom is 0.230 e. The van der Waals surface area contributed by atoms with Gasteiger partial charge in [-0.2, -0.15) is 5.10 Å². The van der Waals surface area contributed by atoms with E-state index >= 15 is 0 Å². The number of amides is 1. The minimum absolute atomic E-state index is 0.0884. The highest BCUT2D eigenvalue weighted by Gasteiger charge is 2.16. The predicted molar refractivity (Wildman–Crippen MR) is 62.4 cm³/mol. The first-order valence-electron chi connectivity index (χ1n) is 5.37. The van der Waals surface area contributed by atoms with Gasteiger partial charge in [0.25, 0.3) is 0 Å². The van der Waals surface area contributed by atoms with E-state index in [2.05, 4.69) is 15.6 Å². The van der Waals surface area contributed by atoms with Gasteiger partial charge in [-0.3, -0.25) is 9.48 Å². The maximum absolute atomic E-state index is 11.5. The van der Waals surface area contributed by atoms with Crippen LogP contribution in [0, 0.1) is 5.92 Å². The Morgan fingerprint density at radius 2 is 2.47 bits per heavy atom. The summed E-state index contributed by atoms with van der Waals surface area (Å²) in [6.07, 6.45) is 4.34. The van der Waals surface area contributed by atoms with E-state index in [0.29, 0.717) is 6.54 Å². The molecule has 0 fully saturated rings. The largest absolute Gasteiger partial charge is 0.409 e. The second-order valence-corrected chi connectivity index (χ2v) is 3.66. The van der Waals surface area contributed by atoms with E-state index in [1.165, 1.54) is 0 Å². The first-order chi connectivity index (χ1) is 8.15. The minimum atomic E-state index is -0.621. The van der Waals surface area contributed by atoms with Gasteiger partial charge in [-0.05, 0) is 19.4 Å². The fourth-order valence-corrected chi connectivity index (χ4v) is 1.26. The van der Waals surface area contributed by atoms with Crippen LogP contribution in [0.3, 0.4) is 0 Å². The number of nitrogens with two attached hydrogens (primary N) is 1. The molecule has 0 aliphatic rings. The lowest BCUT2D eigenvalue weighted by Crippen LogP contribution is -2.37. The van der Waals surface area contributed by atoms with Gasteiger partial charge in [0.2, 0.25) is 5.91 Å². The van der Waals surface area contributed by atoms with Crippen LogP contribution in [-0.2, 0) is 11.3 Å². The molecule has 0 spiro atoms. The SMILES string of the molecule is CC(C(=O)NCCCn1cccn1)/C(N)=N/O. The van der Waals surface area contributed by atoms with Gasteiger partial charge in [-0.15, -0.1) is 0 Å². The molecule has 7 nitrogen and oxygen atoms in total. The summed E-state index contributed by atoms with van der Waals surface area (Å²) >= 11 is 0. The number of hydrogen-bond acceptors (Lipinski definition) is 4. The number of nitrogens with one attached hydrogen (secondary N) is 1. The third kappa shape index (κ3) is 4.13. The fraction of sp³-hybridized carbons (Fsp3) is 0.500. The maximum atomic E-state index is 11.5. The van der Waals surface area contributed by atoms with E-state index in [1.807, 2.05) is 12.3 Å². The summed E-state index contributed by atoms with van der Waals surface area (Å²) < 4.78 is 1.79. The molecule has 94 valence electrons. The number of rotatable bonds is 6. The summed E-state index contributed by atoms with van der Waals surface area (Å²) in [6.45, 7) is 2.85. The smallest absolute Gasteiger partial charge is 0.230 e. The molecule has 0 aliphatic carbocycles. The highest BCUT2D eigenvalue weighted by atomic mass is 16.4. The summed E-state index contributed by atoms with van der Waals surface area (Å²) in [7, 11) is 0. The van der Waals surface area contributed by atoms with E-state index < -0.39 is 5.92 Å². The molecule has 1 rings (SSSR count). The third-order valence-electron chi connectivity index (χ3n) is 2.37. The average Bonchev–Trinajstić information content (AvgIpc) is 2.85. The van der Waals surface area contributed by atoms with Crippen molar-refractivity contribution in [1.29, 1.82) is 0 Å². The Hall–Kier alpha value is -2.05. The molecule has 0 bridgehead atoms. The molecule has 0 saturated heterocycles. The molecule has 0 radical (unpaired) electrons. The zero-order chi connectivity index (χ0) is 12.7. The van der Waals surface area contributed by atoms with Crippen LogP contribution in [0.1, 0.15) is 13.3 Å². The highest BCUT2D eigenvalue weighted by Crippen LogP contribution is 1.95. The van der Waals surface area contributed by atoms with E-state index in [1.54, 1.807) is 17.8 Å². The van der Waals surface area contributed by atoms with Crippen molar-refractivity contribution in [3.63, 3.8) is 0 Å². The molecule has 0 aliphatic heterocycles. The second kappa shape index (κ2) is 6.51. The second-order valence-electron chi connectivity index (χ2n) is 3.66. The fourth-order valence-electron chi connectivity index (χ4n) is 1.26. The molecule has 1 heterocycles. The molecule has 1 aromatic rings. The lowest BCUT2D eigenvalue weighted by molar-refractivity contribution is -0.122. The summed E-state index contributed by atoms with van der Waals surface area (Å²) in [5.41, 5.74) is 5.32. The number of hydrogen-bond donors (Lipinski definition) is 3. The lowest BCUT2D eigenvalue weighted by atomic mass is 10.1. The van der Waals surface area contributed by atoms with E-state index in [-0.39, 0.29) is 11.7 Å². The van der Waals surface area contributed by atoms with E-state index in [9.17, 15) is 4.79 Å². The van der Waals surface area contributed by atoms with Crippen molar-refractivity contribution in [3.05, 3.63) is 18.5 Å². The number of nitrogens with zero attached hydrogens (tertiary/aromatic N) is 3. The molecule has 0 aromatic carbocycles. The van der Waals surface area contributed by atoms with Crippen LogP contribution in [0.25, 0.3) is 0 Å². The zero-order valence-corrected chi connectivity index (χ0v) is 9.71. The van der Waals surface area contributed by atoms with Crippen LogP contribution in [-0.4, -0.2) is 33.3 Å². The summed E-state index contributed by atoms with van der Waals surface area (Å²) in [5.74, 6) is -0.958. The molecule has 1 unspecified atom stereocenters. The van der Waals surface area contributed by atoms with Gasteiger partial charge in [0, 0.05) is 25.5 Å². The number of oxime groups is 1. The normalized spacial score (nSPS) is 13.4. The molecular weight excluding hydrogens is 222 g/mol. The Morgan fingerprint density at radius 1 is 1.71 bits per heavy atom. The van der Waals surface area contributed by atoms with Crippen LogP contribution < -0.4 is 11.1 Å². The Labute approximate surface area is 99.3 Å². The third-order valence-corrected chi connectivity index (χ3v) is 2.37. The number of carbonyl (C=O) groups is 1. The molecule has 1 amide bonds. The van der Waals surface area contributed by atoms with Crippen molar-refractivity contribution in [1.82, 2.24) is 15.1 Å². The number of aromatic nitrogens is 2. The van der Waals surface area contributed by atoms with Gasteiger partial charge in [0.1, 0.15) is 0 Å². The summed E-state index contributed by atoms with van der Waals surface area (Å²) in [6, 6.07) is 1.85. The van der Waals surface area contributed by atoms with Gasteiger partial charge in [-0.1, -0.05) is 5.16 Å². The van der Waals surface area contributed by atoms with Crippen molar-refractivity contribution < 1.29 is 10.0 Å². The van der Waals surface area contributed by atoms with Crippen molar-refractivity contribution in [2.75, 3.05) is 6.54 Å². The topological polar surface area (TPSA) is 106 Å². The van der Waals surface area contributed by atoms with Gasteiger partial charge in [0.05, 0.1) is 5.92 Å². The van der Waals surface area contributed by atoms with Crippen molar-refractivity contribution in [3.8, 4) is 0 Å². The molecular formula is C10H17N5O2. The zero-order valence-electron chi connectivity index (χ0n) is 9.71. The first kappa shape index (κ1) is 13.0. The van der Waals surface area contributed by atoms with Gasteiger partial charge < -0.3 is 16.3 Å². The van der Waals surface area contributed by atoms with Crippen LogP contribution in [0.2, 0.25) is 0 Å². The van der Waals surface area contributed by atoms with Crippen molar-refractivity contribution in [2.24, 2.45) is 16.8 Å². The summed E-state index contributed by atoms with van der Waals surface area (Å²) in [5, 5.41) is 18.0. The Balaban J connectivity index is 2.20. The lowest BCUT2D eigenvalue weighted by Gasteiger charge is -2.10. The first-order valence-corrected chi connectivity index (χ1v) is 5.37. The number of aryl methyl sites for hydroxylation is 1. The van der Waals surface area contributed by atoms with E-state index in [0.717, 1.165) is 13.0 Å². The number of amidine groups is 1. The standard InChI is InChI=1S/C10H17N5O2/c1-8(9(11)14-17)10(16)12-4-2-6-15-7-3-5-13-15/h3,5,7-8,17H,2,4,6H2,1H3,(H2,11,14)(H,12,16). The molecule has 7 heteroatoms. The van der Waals surface area contributed by atoms with Gasteiger partial charge in [-0.25, -0.2) is 0 Å². The van der Waals surface area contributed by atoms with Crippen LogP contribution in [0.5, 0.6) is 0 Å². The number of carbonyl (C=O) groups excluding carboxylic acids is 1. The quantitative estimate of drug-likeness (QED) is 0.210. The molecule has 0 saturated carbocycles. The Morgan fingerprint density at radius 3 is 3.06 bits per heavy atom.